The molecule has 0 unspecified atom stereocenters. The molecule has 5 nitrogen and oxygen atoms in total. The van der Waals surface area contributed by atoms with Gasteiger partial charge in [0.15, 0.2) is 0 Å². The number of ether oxygens (including phenoxy) is 1. The van der Waals surface area contributed by atoms with Gasteiger partial charge in [0.25, 0.3) is 5.78 Å². The lowest BCUT2D eigenvalue weighted by Crippen LogP contribution is -2.09. The standard InChI is InChI=1S/C13H13BrO5/c1-7(2)19-12-4-3-8(5-9(12)14)10(15)6-11(16)13(17)18/h3-7,15H,1-2H3,(H,17,18). The van der Waals surface area contributed by atoms with Crippen molar-refractivity contribution in [2.24, 2.45) is 0 Å². The van der Waals surface area contributed by atoms with E-state index < -0.39 is 17.5 Å². The molecule has 0 aliphatic carbocycles. The summed E-state index contributed by atoms with van der Waals surface area (Å²) >= 11 is 3.27. The molecule has 0 aliphatic rings. The average molecular weight is 329 g/mol. The number of carbonyl (C=O) groups excluding carboxylic acids is 1. The maximum Gasteiger partial charge on any atom is 0.376 e. The van der Waals surface area contributed by atoms with Crippen molar-refractivity contribution in [2.45, 2.75) is 20.0 Å². The molecule has 0 radical (unpaired) electrons. The third-order valence-electron chi connectivity index (χ3n) is 2.07. The lowest BCUT2D eigenvalue weighted by atomic mass is 10.1. The van der Waals surface area contributed by atoms with Crippen LogP contribution in [0.2, 0.25) is 0 Å². The molecule has 1 rings (SSSR count). The normalized spacial score (nSPS) is 11.5. The van der Waals surface area contributed by atoms with Crippen molar-refractivity contribution in [3.05, 3.63) is 34.3 Å². The van der Waals surface area contributed by atoms with E-state index in [1.165, 1.54) is 6.07 Å². The zero-order valence-corrected chi connectivity index (χ0v) is 12.0. The van der Waals surface area contributed by atoms with Crippen LogP contribution < -0.4 is 4.74 Å². The van der Waals surface area contributed by atoms with E-state index in [0.717, 1.165) is 0 Å². The summed E-state index contributed by atoms with van der Waals surface area (Å²) in [6, 6.07) is 4.69. The van der Waals surface area contributed by atoms with Gasteiger partial charge in [-0.2, -0.15) is 0 Å². The van der Waals surface area contributed by atoms with Crippen molar-refractivity contribution in [3.8, 4) is 5.75 Å². The van der Waals surface area contributed by atoms with Gasteiger partial charge in [-0.25, -0.2) is 4.79 Å². The summed E-state index contributed by atoms with van der Waals surface area (Å²) < 4.78 is 6.09. The molecule has 0 saturated carbocycles. The third-order valence-corrected chi connectivity index (χ3v) is 2.69. The number of rotatable bonds is 5. The van der Waals surface area contributed by atoms with Gasteiger partial charge in [-0.3, -0.25) is 4.79 Å². The molecule has 1 aromatic carbocycles. The van der Waals surface area contributed by atoms with Gasteiger partial charge >= 0.3 is 5.97 Å². The first-order valence-electron chi connectivity index (χ1n) is 5.45. The van der Waals surface area contributed by atoms with E-state index >= 15 is 0 Å². The molecule has 0 fully saturated rings. The van der Waals surface area contributed by atoms with Gasteiger partial charge in [-0.05, 0) is 48.0 Å². The molecule has 0 bridgehead atoms. The van der Waals surface area contributed by atoms with Gasteiger partial charge in [-0.1, -0.05) is 0 Å². The fourth-order valence-electron chi connectivity index (χ4n) is 1.28. The molecule has 19 heavy (non-hydrogen) atoms. The minimum absolute atomic E-state index is 0.000114. The Morgan fingerprint density at radius 2 is 1.95 bits per heavy atom. The molecular weight excluding hydrogens is 316 g/mol. The smallest absolute Gasteiger partial charge is 0.376 e. The quantitative estimate of drug-likeness (QED) is 0.493. The SMILES string of the molecule is CC(C)Oc1ccc(C(O)=CC(=O)C(=O)O)cc1Br. The zero-order valence-electron chi connectivity index (χ0n) is 10.4. The van der Waals surface area contributed by atoms with Gasteiger partial charge in [0, 0.05) is 11.6 Å². The number of carbonyl (C=O) groups is 2. The molecule has 2 N–H and O–H groups in total. The van der Waals surface area contributed by atoms with E-state index in [9.17, 15) is 14.7 Å². The Hall–Kier alpha value is -1.82. The van der Waals surface area contributed by atoms with E-state index in [1.54, 1.807) is 12.1 Å². The topological polar surface area (TPSA) is 83.8 Å². The average Bonchev–Trinajstić information content (AvgIpc) is 2.30. The van der Waals surface area contributed by atoms with Crippen LogP contribution in [0.4, 0.5) is 0 Å². The Morgan fingerprint density at radius 3 is 2.42 bits per heavy atom. The molecular formula is C13H13BrO5. The van der Waals surface area contributed by atoms with Gasteiger partial charge in [0.05, 0.1) is 10.6 Å². The molecule has 0 atom stereocenters. The highest BCUT2D eigenvalue weighted by atomic mass is 79.9. The minimum atomic E-state index is -1.62. The maximum absolute atomic E-state index is 11.0. The van der Waals surface area contributed by atoms with Crippen LogP contribution in [0.3, 0.4) is 0 Å². The van der Waals surface area contributed by atoms with Crippen LogP contribution in [-0.2, 0) is 9.59 Å². The molecule has 102 valence electrons. The largest absolute Gasteiger partial charge is 0.507 e. The van der Waals surface area contributed by atoms with Crippen molar-refractivity contribution >= 4 is 33.4 Å². The number of carboxylic acids is 1. The molecule has 1 aromatic rings. The summed E-state index contributed by atoms with van der Waals surface area (Å²) in [6.45, 7) is 3.76. The number of aliphatic hydroxyl groups excluding tert-OH is 1. The maximum atomic E-state index is 11.0. The summed E-state index contributed by atoms with van der Waals surface area (Å²) in [5.41, 5.74) is 0.317. The second kappa shape index (κ2) is 6.38. The molecule has 6 heteroatoms. The molecule has 0 heterocycles. The number of aliphatic carboxylic acids is 1. The van der Waals surface area contributed by atoms with Crippen molar-refractivity contribution < 1.29 is 24.5 Å². The zero-order chi connectivity index (χ0) is 14.6. The van der Waals surface area contributed by atoms with Crippen LogP contribution in [0, 0.1) is 0 Å². The number of aliphatic hydroxyl groups is 1. The second-order valence-corrected chi connectivity index (χ2v) is 4.87. The Balaban J connectivity index is 3.01. The van der Waals surface area contributed by atoms with Crippen LogP contribution in [0.25, 0.3) is 5.76 Å². The van der Waals surface area contributed by atoms with Crippen molar-refractivity contribution in [1.82, 2.24) is 0 Å². The number of hydrogen-bond donors (Lipinski definition) is 2. The van der Waals surface area contributed by atoms with E-state index in [1.807, 2.05) is 13.8 Å². The summed E-state index contributed by atoms with van der Waals surface area (Å²) in [7, 11) is 0. The van der Waals surface area contributed by atoms with Crippen LogP contribution in [0.1, 0.15) is 19.4 Å². The molecule has 0 aromatic heterocycles. The molecule has 0 aliphatic heterocycles. The summed E-state index contributed by atoms with van der Waals surface area (Å²) in [5.74, 6) is -2.62. The molecule has 0 spiro atoms. The van der Waals surface area contributed by atoms with Crippen molar-refractivity contribution in [2.75, 3.05) is 0 Å². The summed E-state index contributed by atoms with van der Waals surface area (Å²) in [4.78, 5) is 21.3. The van der Waals surface area contributed by atoms with Gasteiger partial charge in [0.1, 0.15) is 11.5 Å². The Kier molecular flexibility index (Phi) is 5.11. The third kappa shape index (κ3) is 4.40. The predicted molar refractivity (Wildman–Crippen MR) is 73.2 cm³/mol. The fourth-order valence-corrected chi connectivity index (χ4v) is 1.75. The van der Waals surface area contributed by atoms with Crippen LogP contribution in [-0.4, -0.2) is 28.1 Å². The number of ketones is 1. The second-order valence-electron chi connectivity index (χ2n) is 4.01. The number of benzene rings is 1. The predicted octanol–water partition coefficient (Wildman–Crippen LogP) is 2.79. The lowest BCUT2D eigenvalue weighted by Gasteiger charge is -2.12. The highest BCUT2D eigenvalue weighted by molar-refractivity contribution is 9.10. The first-order chi connectivity index (χ1) is 8.81. The minimum Gasteiger partial charge on any atom is -0.507 e. The number of halogens is 1. The van der Waals surface area contributed by atoms with Gasteiger partial charge < -0.3 is 14.9 Å². The fraction of sp³-hybridized carbons (Fsp3) is 0.231. The van der Waals surface area contributed by atoms with Crippen molar-refractivity contribution in [3.63, 3.8) is 0 Å². The highest BCUT2D eigenvalue weighted by Crippen LogP contribution is 2.28. The Bertz CT molecular complexity index is 534. The van der Waals surface area contributed by atoms with Crippen LogP contribution in [0.5, 0.6) is 5.75 Å². The van der Waals surface area contributed by atoms with E-state index in [2.05, 4.69) is 15.9 Å². The molecule has 0 amide bonds. The molecule has 0 saturated heterocycles. The summed E-state index contributed by atoms with van der Waals surface area (Å²) in [6.07, 6.45) is 0.660. The van der Waals surface area contributed by atoms with E-state index in [-0.39, 0.29) is 6.10 Å². The Morgan fingerprint density at radius 1 is 1.32 bits per heavy atom. The van der Waals surface area contributed by atoms with E-state index in [0.29, 0.717) is 21.9 Å². The monoisotopic (exact) mass is 328 g/mol. The van der Waals surface area contributed by atoms with Crippen molar-refractivity contribution in [1.29, 1.82) is 0 Å². The first-order valence-corrected chi connectivity index (χ1v) is 6.25. The Labute approximate surface area is 118 Å². The van der Waals surface area contributed by atoms with E-state index in [4.69, 9.17) is 9.84 Å². The van der Waals surface area contributed by atoms with Crippen LogP contribution in [0.15, 0.2) is 28.7 Å². The van der Waals surface area contributed by atoms with Gasteiger partial charge in [-0.15, -0.1) is 0 Å². The first kappa shape index (κ1) is 15.2. The summed E-state index contributed by atoms with van der Waals surface area (Å²) in [5, 5.41) is 18.1. The highest BCUT2D eigenvalue weighted by Gasteiger charge is 2.12. The lowest BCUT2D eigenvalue weighted by molar-refractivity contribution is -0.146. The number of hydrogen-bond acceptors (Lipinski definition) is 4. The van der Waals surface area contributed by atoms with Crippen LogP contribution >= 0.6 is 15.9 Å². The number of carboxylic acid groups (broad SMARTS) is 1. The van der Waals surface area contributed by atoms with Gasteiger partial charge in [0.2, 0.25) is 0 Å².